The number of para-hydroxylation sites is 1. The molecule has 0 spiro atoms. The molecule has 0 heterocycles. The van der Waals surface area contributed by atoms with Crippen molar-refractivity contribution in [2.75, 3.05) is 18.8 Å². The van der Waals surface area contributed by atoms with Gasteiger partial charge in [-0.25, -0.2) is 4.79 Å². The summed E-state index contributed by atoms with van der Waals surface area (Å²) in [7, 11) is -0.985. The van der Waals surface area contributed by atoms with Crippen molar-refractivity contribution in [1.29, 1.82) is 0 Å². The Hall–Kier alpha value is -1.60. The molecule has 94 valence electrons. The highest BCUT2D eigenvalue weighted by Gasteiger charge is 2.19. The third-order valence-corrected chi connectivity index (χ3v) is 3.64. The summed E-state index contributed by atoms with van der Waals surface area (Å²) in [6, 6.07) is 4.55. The number of hydrogen-bond donors (Lipinski definition) is 2. The monoisotopic (exact) mass is 258 g/mol. The number of aromatic carboxylic acids is 1. The van der Waals surface area contributed by atoms with Crippen molar-refractivity contribution in [3.05, 3.63) is 29.3 Å². The highest BCUT2D eigenvalue weighted by atomic mass is 32.2. The van der Waals surface area contributed by atoms with E-state index in [0.29, 0.717) is 5.56 Å². The molecule has 1 aromatic carbocycles. The van der Waals surface area contributed by atoms with Crippen LogP contribution in [0, 0.1) is 6.92 Å². The molecule has 0 bridgehead atoms. The van der Waals surface area contributed by atoms with Crippen molar-refractivity contribution < 1.29 is 18.3 Å². The predicted molar refractivity (Wildman–Crippen MR) is 64.4 cm³/mol. The van der Waals surface area contributed by atoms with Gasteiger partial charge in [-0.05, 0) is 18.6 Å². The van der Waals surface area contributed by atoms with Crippen molar-refractivity contribution in [2.45, 2.75) is 6.92 Å². The largest absolute Gasteiger partial charge is 0.478 e. The fourth-order valence-electron chi connectivity index (χ4n) is 1.20. The van der Waals surface area contributed by atoms with Gasteiger partial charge in [0.2, 0.25) is 0 Å². The van der Waals surface area contributed by atoms with Crippen LogP contribution in [0.25, 0.3) is 0 Å². The van der Waals surface area contributed by atoms with Gasteiger partial charge in [0.1, 0.15) is 0 Å². The lowest BCUT2D eigenvalue weighted by molar-refractivity contribution is 0.0698. The van der Waals surface area contributed by atoms with E-state index in [-0.39, 0.29) is 11.3 Å². The highest BCUT2D eigenvalue weighted by molar-refractivity contribution is 7.90. The van der Waals surface area contributed by atoms with Crippen LogP contribution in [0.1, 0.15) is 15.9 Å². The first-order valence-corrected chi connectivity index (χ1v) is 6.23. The summed E-state index contributed by atoms with van der Waals surface area (Å²) < 4.78 is 26.5. The summed E-state index contributed by atoms with van der Waals surface area (Å²) in [5.41, 5.74) is 0.569. The first kappa shape index (κ1) is 13.5. The normalized spacial score (nSPS) is 11.5. The van der Waals surface area contributed by atoms with Gasteiger partial charge in [0.05, 0.1) is 11.3 Å². The lowest BCUT2D eigenvalue weighted by Crippen LogP contribution is -2.30. The van der Waals surface area contributed by atoms with Crippen LogP contribution in [0.5, 0.6) is 0 Å². The molecule has 0 aromatic heterocycles. The molecule has 0 aliphatic heterocycles. The van der Waals surface area contributed by atoms with Gasteiger partial charge in [0.15, 0.2) is 0 Å². The number of nitrogens with zero attached hydrogens (tertiary/aromatic N) is 1. The molecule has 7 heteroatoms. The van der Waals surface area contributed by atoms with Crippen LogP contribution in [0.15, 0.2) is 18.2 Å². The maximum Gasteiger partial charge on any atom is 0.337 e. The maximum absolute atomic E-state index is 11.6. The highest BCUT2D eigenvalue weighted by Crippen LogP contribution is 2.22. The maximum atomic E-state index is 11.6. The number of anilines is 1. The second-order valence-electron chi connectivity index (χ2n) is 3.69. The fourth-order valence-corrected chi connectivity index (χ4v) is 1.91. The summed E-state index contributed by atoms with van der Waals surface area (Å²) >= 11 is 0. The van der Waals surface area contributed by atoms with Crippen LogP contribution in [0.4, 0.5) is 5.69 Å². The summed E-state index contributed by atoms with van der Waals surface area (Å²) in [6.07, 6.45) is 0. The Labute approximate surface area is 100 Å². The van der Waals surface area contributed by atoms with Gasteiger partial charge in [0, 0.05) is 14.1 Å². The Balaban J connectivity index is 3.28. The van der Waals surface area contributed by atoms with Gasteiger partial charge in [0.25, 0.3) is 0 Å². The van der Waals surface area contributed by atoms with E-state index < -0.39 is 16.2 Å². The average molecular weight is 258 g/mol. The van der Waals surface area contributed by atoms with E-state index in [1.165, 1.54) is 20.2 Å². The molecule has 0 fully saturated rings. The van der Waals surface area contributed by atoms with Crippen LogP contribution < -0.4 is 4.72 Å². The van der Waals surface area contributed by atoms with Crippen LogP contribution in [0.2, 0.25) is 0 Å². The van der Waals surface area contributed by atoms with E-state index in [1.54, 1.807) is 19.1 Å². The predicted octanol–water partition coefficient (Wildman–Crippen LogP) is 0.912. The molecule has 0 unspecified atom stereocenters. The quantitative estimate of drug-likeness (QED) is 0.840. The summed E-state index contributed by atoms with van der Waals surface area (Å²) in [5, 5.41) is 8.98. The van der Waals surface area contributed by atoms with Crippen molar-refractivity contribution in [3.8, 4) is 0 Å². The van der Waals surface area contributed by atoms with E-state index in [0.717, 1.165) is 4.31 Å². The standard InChI is InChI=1S/C10H14N2O4S/c1-7-5-4-6-8(10(13)14)9(7)11-17(15,16)12(2)3/h4-6,11H,1-3H3,(H,13,14). The lowest BCUT2D eigenvalue weighted by atomic mass is 10.1. The van der Waals surface area contributed by atoms with E-state index in [4.69, 9.17) is 5.11 Å². The van der Waals surface area contributed by atoms with Gasteiger partial charge < -0.3 is 5.11 Å². The van der Waals surface area contributed by atoms with Gasteiger partial charge >= 0.3 is 16.2 Å². The van der Waals surface area contributed by atoms with Crippen LogP contribution >= 0.6 is 0 Å². The van der Waals surface area contributed by atoms with Crippen molar-refractivity contribution >= 4 is 21.9 Å². The minimum absolute atomic E-state index is 0.0737. The Bertz CT molecular complexity index is 537. The van der Waals surface area contributed by atoms with E-state index in [1.807, 2.05) is 0 Å². The van der Waals surface area contributed by atoms with Gasteiger partial charge in [-0.1, -0.05) is 12.1 Å². The summed E-state index contributed by atoms with van der Waals surface area (Å²) in [6.45, 7) is 1.64. The molecule has 0 saturated heterocycles. The van der Waals surface area contributed by atoms with E-state index >= 15 is 0 Å². The Morgan fingerprint density at radius 2 is 1.94 bits per heavy atom. The molecule has 0 amide bonds. The third kappa shape index (κ3) is 2.95. The van der Waals surface area contributed by atoms with Crippen LogP contribution in [-0.2, 0) is 10.2 Å². The summed E-state index contributed by atoms with van der Waals surface area (Å²) in [5.74, 6) is -1.18. The second kappa shape index (κ2) is 4.72. The van der Waals surface area contributed by atoms with Crippen LogP contribution in [-0.4, -0.2) is 37.9 Å². The molecule has 2 N–H and O–H groups in total. The Morgan fingerprint density at radius 3 is 2.41 bits per heavy atom. The van der Waals surface area contributed by atoms with Crippen molar-refractivity contribution in [3.63, 3.8) is 0 Å². The van der Waals surface area contributed by atoms with E-state index in [9.17, 15) is 13.2 Å². The molecule has 0 aliphatic carbocycles. The molecule has 0 saturated carbocycles. The Morgan fingerprint density at radius 1 is 1.35 bits per heavy atom. The van der Waals surface area contributed by atoms with Gasteiger partial charge in [-0.3, -0.25) is 4.72 Å². The fraction of sp³-hybridized carbons (Fsp3) is 0.300. The molecule has 0 radical (unpaired) electrons. The van der Waals surface area contributed by atoms with Crippen molar-refractivity contribution in [1.82, 2.24) is 4.31 Å². The number of carbonyl (C=O) groups is 1. The zero-order valence-corrected chi connectivity index (χ0v) is 10.6. The zero-order chi connectivity index (χ0) is 13.2. The van der Waals surface area contributed by atoms with Crippen LogP contribution in [0.3, 0.4) is 0 Å². The molecule has 0 aliphatic rings. The van der Waals surface area contributed by atoms with Gasteiger partial charge in [-0.2, -0.15) is 12.7 Å². The second-order valence-corrected chi connectivity index (χ2v) is 5.58. The number of nitrogens with one attached hydrogen (secondary N) is 1. The number of carboxylic acids is 1. The topological polar surface area (TPSA) is 86.7 Å². The number of hydrogen-bond acceptors (Lipinski definition) is 3. The SMILES string of the molecule is Cc1cccc(C(=O)O)c1NS(=O)(=O)N(C)C. The smallest absolute Gasteiger partial charge is 0.337 e. The number of aryl methyl sites for hydroxylation is 1. The molecule has 1 aromatic rings. The van der Waals surface area contributed by atoms with E-state index in [2.05, 4.69) is 4.72 Å². The number of benzene rings is 1. The Kier molecular flexibility index (Phi) is 3.74. The zero-order valence-electron chi connectivity index (χ0n) is 9.76. The molecule has 0 atom stereocenters. The minimum atomic E-state index is -3.71. The van der Waals surface area contributed by atoms with Gasteiger partial charge in [-0.15, -0.1) is 0 Å². The minimum Gasteiger partial charge on any atom is -0.478 e. The van der Waals surface area contributed by atoms with Crippen molar-refractivity contribution in [2.24, 2.45) is 0 Å². The first-order chi connectivity index (χ1) is 7.75. The molecular formula is C10H14N2O4S. The molecule has 6 nitrogen and oxygen atoms in total. The third-order valence-electron chi connectivity index (χ3n) is 2.21. The summed E-state index contributed by atoms with van der Waals surface area (Å²) in [4.78, 5) is 11.0. The molecular weight excluding hydrogens is 244 g/mol. The lowest BCUT2D eigenvalue weighted by Gasteiger charge is -2.16. The average Bonchev–Trinajstić information content (AvgIpc) is 2.20. The molecule has 17 heavy (non-hydrogen) atoms. The number of rotatable bonds is 4. The number of carboxylic acid groups (broad SMARTS) is 1. The first-order valence-electron chi connectivity index (χ1n) is 4.79. The molecule has 1 rings (SSSR count).